The summed E-state index contributed by atoms with van der Waals surface area (Å²) in [5.74, 6) is -2.11. The van der Waals surface area contributed by atoms with E-state index in [4.69, 9.17) is 37.0 Å². The maximum atomic E-state index is 13.1. The average Bonchev–Trinajstić information content (AvgIpc) is 0.967. The zero-order valence-corrected chi connectivity index (χ0v) is 66.3. The summed E-state index contributed by atoms with van der Waals surface area (Å²) in [7, 11) is -9.91. The molecule has 0 aliphatic heterocycles. The number of hydrogen-bond donors (Lipinski definition) is 3. The Bertz CT molecular complexity index is 1880. The van der Waals surface area contributed by atoms with Crippen LogP contribution in [0.5, 0.6) is 0 Å². The Labute approximate surface area is 607 Å². The van der Waals surface area contributed by atoms with Crippen LogP contribution in [-0.4, -0.2) is 96.7 Å². The first-order chi connectivity index (χ1) is 48.2. The monoisotopic (exact) mass is 1450 g/mol. The number of phosphoric acid groups is 2. The Balaban J connectivity index is 5.16. The van der Waals surface area contributed by atoms with Crippen LogP contribution in [0.3, 0.4) is 0 Å². The lowest BCUT2D eigenvalue weighted by molar-refractivity contribution is -0.161. The lowest BCUT2D eigenvalue weighted by atomic mass is 10.0. The second kappa shape index (κ2) is 74.3. The number of carbonyl (C=O) groups excluding carboxylic acids is 4. The number of rotatable bonds is 81. The van der Waals surface area contributed by atoms with Crippen LogP contribution >= 0.6 is 15.6 Å². The molecule has 588 valence electrons. The van der Waals surface area contributed by atoms with Crippen LogP contribution in [0.2, 0.25) is 0 Å². The highest BCUT2D eigenvalue weighted by Crippen LogP contribution is 2.45. The van der Waals surface area contributed by atoms with Crippen molar-refractivity contribution in [3.8, 4) is 0 Å². The minimum atomic E-state index is -4.96. The Morgan fingerprint density at radius 1 is 0.242 bits per heavy atom. The van der Waals surface area contributed by atoms with Gasteiger partial charge in [-0.3, -0.25) is 37.3 Å². The molecule has 0 bridgehead atoms. The van der Waals surface area contributed by atoms with E-state index in [1.165, 1.54) is 250 Å². The maximum absolute atomic E-state index is 13.1. The van der Waals surface area contributed by atoms with E-state index in [0.29, 0.717) is 25.7 Å². The second-order valence-electron chi connectivity index (χ2n) is 28.8. The molecule has 0 aliphatic carbocycles. The van der Waals surface area contributed by atoms with E-state index >= 15 is 0 Å². The quantitative estimate of drug-likeness (QED) is 0.0222. The van der Waals surface area contributed by atoms with Crippen molar-refractivity contribution in [1.82, 2.24) is 0 Å². The number of esters is 4. The van der Waals surface area contributed by atoms with E-state index in [1.807, 2.05) is 0 Å². The summed E-state index contributed by atoms with van der Waals surface area (Å²) >= 11 is 0. The van der Waals surface area contributed by atoms with E-state index in [1.54, 1.807) is 0 Å². The van der Waals surface area contributed by atoms with Crippen molar-refractivity contribution in [2.24, 2.45) is 0 Å². The molecule has 3 N–H and O–H groups in total. The molecule has 0 fully saturated rings. The van der Waals surface area contributed by atoms with Crippen LogP contribution in [-0.2, 0) is 65.4 Å². The molecular weight excluding hydrogens is 1290 g/mol. The number of ether oxygens (including phenoxy) is 4. The number of unbranched alkanes of at least 4 members (excludes halogenated alkanes) is 55. The van der Waals surface area contributed by atoms with E-state index in [9.17, 15) is 43.2 Å². The van der Waals surface area contributed by atoms with Crippen molar-refractivity contribution in [2.45, 2.75) is 451 Å². The smallest absolute Gasteiger partial charge is 0.462 e. The minimum Gasteiger partial charge on any atom is -0.462 e. The highest BCUT2D eigenvalue weighted by atomic mass is 31.2. The number of carbonyl (C=O) groups is 4. The minimum absolute atomic E-state index is 0.108. The lowest BCUT2D eigenvalue weighted by Gasteiger charge is -2.21. The molecule has 19 heteroatoms. The van der Waals surface area contributed by atoms with E-state index in [0.717, 1.165) is 103 Å². The number of aliphatic hydroxyl groups is 1. The Kier molecular flexibility index (Phi) is 72.9. The summed E-state index contributed by atoms with van der Waals surface area (Å²) in [4.78, 5) is 72.8. The summed E-state index contributed by atoms with van der Waals surface area (Å²) in [5, 5.41) is 10.6. The molecule has 0 saturated carbocycles. The third-order valence-corrected chi connectivity index (χ3v) is 20.8. The SMILES string of the molecule is CCCCCCCCCCCCCCCCCCCCCCC(=O)O[C@H](COC(=O)CCCCCCCCCCCCCCCCCCCCC)COP(=O)(O)OC[C@@H](O)COP(=O)(O)OC[C@@H](COC(=O)CCCCCCCCC)OC(=O)CCCCCCCCCCCCCCC. The predicted octanol–water partition coefficient (Wildman–Crippen LogP) is 24.2. The molecule has 0 saturated heterocycles. The van der Waals surface area contributed by atoms with Crippen molar-refractivity contribution in [3.05, 3.63) is 0 Å². The highest BCUT2D eigenvalue weighted by Gasteiger charge is 2.30. The van der Waals surface area contributed by atoms with Crippen molar-refractivity contribution in [2.75, 3.05) is 39.6 Å². The van der Waals surface area contributed by atoms with Gasteiger partial charge in [-0.2, -0.15) is 0 Å². The van der Waals surface area contributed by atoms with Gasteiger partial charge in [0.25, 0.3) is 0 Å². The van der Waals surface area contributed by atoms with Gasteiger partial charge in [-0.1, -0.05) is 381 Å². The van der Waals surface area contributed by atoms with Gasteiger partial charge in [-0.05, 0) is 25.7 Å². The fourth-order valence-corrected chi connectivity index (χ4v) is 14.0. The highest BCUT2D eigenvalue weighted by molar-refractivity contribution is 7.47. The van der Waals surface area contributed by atoms with Crippen LogP contribution in [0.15, 0.2) is 0 Å². The first kappa shape index (κ1) is 97.1. The fourth-order valence-electron chi connectivity index (χ4n) is 12.5. The zero-order chi connectivity index (χ0) is 72.5. The molecule has 2 unspecified atom stereocenters. The molecular formula is C80H156O17P2. The van der Waals surface area contributed by atoms with E-state index in [-0.39, 0.29) is 25.7 Å². The van der Waals surface area contributed by atoms with Crippen LogP contribution in [0.4, 0.5) is 0 Å². The van der Waals surface area contributed by atoms with Gasteiger partial charge in [0.15, 0.2) is 12.2 Å². The van der Waals surface area contributed by atoms with Crippen LogP contribution < -0.4 is 0 Å². The van der Waals surface area contributed by atoms with Crippen molar-refractivity contribution >= 4 is 39.5 Å². The summed E-state index contributed by atoms with van der Waals surface area (Å²) in [6.45, 7) is 4.98. The molecule has 0 aromatic carbocycles. The molecule has 0 aromatic rings. The third-order valence-electron chi connectivity index (χ3n) is 18.9. The Hall–Kier alpha value is -1.94. The molecule has 0 aromatic heterocycles. The van der Waals surface area contributed by atoms with Crippen molar-refractivity contribution in [1.29, 1.82) is 0 Å². The maximum Gasteiger partial charge on any atom is 0.472 e. The summed E-state index contributed by atoms with van der Waals surface area (Å²) in [5.41, 5.74) is 0. The second-order valence-corrected chi connectivity index (χ2v) is 31.7. The fraction of sp³-hybridized carbons (Fsp3) is 0.950. The predicted molar refractivity (Wildman–Crippen MR) is 405 cm³/mol. The zero-order valence-electron chi connectivity index (χ0n) is 64.5. The largest absolute Gasteiger partial charge is 0.472 e. The summed E-state index contributed by atoms with van der Waals surface area (Å²) in [6, 6.07) is 0. The van der Waals surface area contributed by atoms with Gasteiger partial charge >= 0.3 is 39.5 Å². The number of hydrogen-bond acceptors (Lipinski definition) is 15. The van der Waals surface area contributed by atoms with E-state index in [2.05, 4.69) is 27.7 Å². The molecule has 99 heavy (non-hydrogen) atoms. The molecule has 0 aliphatic rings. The van der Waals surface area contributed by atoms with Crippen LogP contribution in [0.25, 0.3) is 0 Å². The molecule has 17 nitrogen and oxygen atoms in total. The Morgan fingerprint density at radius 2 is 0.404 bits per heavy atom. The van der Waals surface area contributed by atoms with Crippen LogP contribution in [0, 0.1) is 0 Å². The molecule has 0 rings (SSSR count). The topological polar surface area (TPSA) is 237 Å². The normalized spacial score (nSPS) is 13.8. The van der Waals surface area contributed by atoms with Gasteiger partial charge in [-0.15, -0.1) is 0 Å². The summed E-state index contributed by atoms with van der Waals surface area (Å²) in [6.07, 6.45) is 66.8. The van der Waals surface area contributed by atoms with Gasteiger partial charge in [0.1, 0.15) is 19.3 Å². The average molecular weight is 1450 g/mol. The van der Waals surface area contributed by atoms with Gasteiger partial charge in [0.05, 0.1) is 26.4 Å². The first-order valence-electron chi connectivity index (χ1n) is 41.8. The summed E-state index contributed by atoms with van der Waals surface area (Å²) < 4.78 is 68.6. The molecule has 0 amide bonds. The van der Waals surface area contributed by atoms with Crippen LogP contribution in [0.1, 0.15) is 432 Å². The van der Waals surface area contributed by atoms with Crippen molar-refractivity contribution in [3.63, 3.8) is 0 Å². The standard InChI is InChI=1S/C80H156O17P2/c1-5-9-13-17-21-24-27-30-32-34-36-38-40-42-45-48-51-55-59-63-67-80(85)97-76(71-91-78(83)65-61-57-53-49-46-44-41-39-37-35-33-31-28-25-22-18-14-10-6-2)73-95-99(88,89)93-69-74(81)68-92-98(86,87)94-72-75(70-90-77(82)64-60-56-52-20-16-12-8-4)96-79(84)66-62-58-54-50-47-43-29-26-23-19-15-11-7-3/h74-76,81H,5-73H2,1-4H3,(H,86,87)(H,88,89)/t74-,75+,76+/m0/s1. The Morgan fingerprint density at radius 3 is 0.596 bits per heavy atom. The van der Waals surface area contributed by atoms with Gasteiger partial charge in [0.2, 0.25) is 0 Å². The van der Waals surface area contributed by atoms with Gasteiger partial charge in [-0.25, -0.2) is 9.13 Å². The van der Waals surface area contributed by atoms with Crippen molar-refractivity contribution < 1.29 is 80.2 Å². The molecule has 0 spiro atoms. The van der Waals surface area contributed by atoms with E-state index < -0.39 is 97.5 Å². The van der Waals surface area contributed by atoms with Gasteiger partial charge < -0.3 is 33.8 Å². The number of aliphatic hydroxyl groups excluding tert-OH is 1. The third kappa shape index (κ3) is 74.1. The molecule has 5 atom stereocenters. The molecule has 0 heterocycles. The van der Waals surface area contributed by atoms with Gasteiger partial charge in [0, 0.05) is 25.7 Å². The lowest BCUT2D eigenvalue weighted by Crippen LogP contribution is -2.30. The first-order valence-corrected chi connectivity index (χ1v) is 44.8. The number of phosphoric ester groups is 2. The molecule has 0 radical (unpaired) electrons.